The Hall–Kier alpha value is -0.610. The lowest BCUT2D eigenvalue weighted by Gasteiger charge is -2.30. The van der Waals surface area contributed by atoms with Crippen LogP contribution < -0.4 is 10.4 Å². The van der Waals surface area contributed by atoms with Crippen LogP contribution in [0, 0.1) is 5.41 Å². The number of aliphatic carboxylic acids is 1. The molecule has 1 aliphatic heterocycles. The number of nitrogens with zero attached hydrogens (tertiary/aromatic N) is 1. The van der Waals surface area contributed by atoms with Crippen LogP contribution in [0.1, 0.15) is 26.7 Å². The quantitative estimate of drug-likeness (QED) is 0.665. The van der Waals surface area contributed by atoms with Gasteiger partial charge in [-0.05, 0) is 19.4 Å². The zero-order valence-electron chi connectivity index (χ0n) is 9.71. The second-order valence-corrected chi connectivity index (χ2v) is 4.87. The first-order chi connectivity index (χ1) is 7.02. The van der Waals surface area contributed by atoms with E-state index in [1.165, 1.54) is 0 Å². The van der Waals surface area contributed by atoms with E-state index in [0.717, 1.165) is 39.1 Å². The number of carbonyl (C=O) groups is 1. The largest absolute Gasteiger partial charge is 0.550 e. The lowest BCUT2D eigenvalue weighted by atomic mass is 9.88. The van der Waals surface area contributed by atoms with Gasteiger partial charge in [-0.3, -0.25) is 0 Å². The second-order valence-electron chi connectivity index (χ2n) is 4.87. The van der Waals surface area contributed by atoms with Gasteiger partial charge in [-0.2, -0.15) is 0 Å². The van der Waals surface area contributed by atoms with Crippen molar-refractivity contribution in [3.8, 4) is 0 Å². The van der Waals surface area contributed by atoms with Crippen molar-refractivity contribution in [3.63, 3.8) is 0 Å². The minimum absolute atomic E-state index is 0.686. The third-order valence-corrected chi connectivity index (χ3v) is 3.04. The fourth-order valence-electron chi connectivity index (χ4n) is 1.78. The SMILES string of the molecule is CC(C)(CCCN1CCNCC1)C(=O)[O-]. The van der Waals surface area contributed by atoms with Crippen LogP contribution in [-0.4, -0.2) is 43.6 Å². The highest BCUT2D eigenvalue weighted by molar-refractivity contribution is 5.71. The molecule has 4 nitrogen and oxygen atoms in total. The van der Waals surface area contributed by atoms with E-state index < -0.39 is 11.4 Å². The van der Waals surface area contributed by atoms with E-state index in [-0.39, 0.29) is 0 Å². The van der Waals surface area contributed by atoms with Gasteiger partial charge in [0.1, 0.15) is 0 Å². The van der Waals surface area contributed by atoms with Gasteiger partial charge in [0.25, 0.3) is 0 Å². The summed E-state index contributed by atoms with van der Waals surface area (Å²) in [6.07, 6.45) is 1.63. The summed E-state index contributed by atoms with van der Waals surface area (Å²) >= 11 is 0. The predicted octanol–water partition coefficient (Wildman–Crippen LogP) is -0.552. The maximum absolute atomic E-state index is 10.8. The molecule has 1 fully saturated rings. The van der Waals surface area contributed by atoms with Crippen LogP contribution in [0.4, 0.5) is 0 Å². The molecule has 0 aromatic rings. The number of carboxylic acids is 1. The van der Waals surface area contributed by atoms with Crippen LogP contribution in [-0.2, 0) is 4.79 Å². The molecule has 15 heavy (non-hydrogen) atoms. The number of carboxylic acid groups (broad SMARTS) is 1. The summed E-state index contributed by atoms with van der Waals surface area (Å²) in [5, 5.41) is 14.1. The first kappa shape index (κ1) is 12.5. The van der Waals surface area contributed by atoms with Crippen LogP contribution >= 0.6 is 0 Å². The van der Waals surface area contributed by atoms with Gasteiger partial charge in [-0.15, -0.1) is 0 Å². The molecule has 1 rings (SSSR count). The summed E-state index contributed by atoms with van der Waals surface area (Å²) in [4.78, 5) is 13.1. The molecule has 0 amide bonds. The van der Waals surface area contributed by atoms with E-state index in [1.54, 1.807) is 13.8 Å². The van der Waals surface area contributed by atoms with E-state index in [0.29, 0.717) is 6.42 Å². The van der Waals surface area contributed by atoms with Gasteiger partial charge >= 0.3 is 0 Å². The maximum Gasteiger partial charge on any atom is 0.0470 e. The number of carbonyl (C=O) groups excluding carboxylic acids is 1. The molecular weight excluding hydrogens is 192 g/mol. The normalized spacial score (nSPS) is 19.1. The molecule has 0 unspecified atom stereocenters. The summed E-state index contributed by atoms with van der Waals surface area (Å²) in [5.74, 6) is -0.942. The monoisotopic (exact) mass is 213 g/mol. The van der Waals surface area contributed by atoms with Crippen molar-refractivity contribution < 1.29 is 9.90 Å². The third kappa shape index (κ3) is 4.18. The van der Waals surface area contributed by atoms with Crippen molar-refractivity contribution in [1.29, 1.82) is 0 Å². The Kier molecular flexibility index (Phi) is 4.54. The highest BCUT2D eigenvalue weighted by atomic mass is 16.4. The van der Waals surface area contributed by atoms with Gasteiger partial charge in [-0.1, -0.05) is 13.8 Å². The van der Waals surface area contributed by atoms with Crippen molar-refractivity contribution in [2.24, 2.45) is 5.41 Å². The summed E-state index contributed by atoms with van der Waals surface area (Å²) in [7, 11) is 0. The van der Waals surface area contributed by atoms with Crippen molar-refractivity contribution in [3.05, 3.63) is 0 Å². The Bertz CT molecular complexity index is 211. The smallest absolute Gasteiger partial charge is 0.0470 e. The Morgan fingerprint density at radius 3 is 2.53 bits per heavy atom. The van der Waals surface area contributed by atoms with E-state index >= 15 is 0 Å². The van der Waals surface area contributed by atoms with Crippen LogP contribution in [0.15, 0.2) is 0 Å². The fourth-order valence-corrected chi connectivity index (χ4v) is 1.78. The topological polar surface area (TPSA) is 55.4 Å². The lowest BCUT2D eigenvalue weighted by Crippen LogP contribution is -2.44. The van der Waals surface area contributed by atoms with Gasteiger partial charge < -0.3 is 20.1 Å². The summed E-state index contributed by atoms with van der Waals surface area (Å²) < 4.78 is 0. The molecule has 1 aliphatic rings. The molecule has 1 heterocycles. The predicted molar refractivity (Wildman–Crippen MR) is 57.3 cm³/mol. The van der Waals surface area contributed by atoms with Gasteiger partial charge in [0, 0.05) is 37.6 Å². The van der Waals surface area contributed by atoms with Crippen LogP contribution in [0.25, 0.3) is 0 Å². The fraction of sp³-hybridized carbons (Fsp3) is 0.909. The number of piperazine rings is 1. The van der Waals surface area contributed by atoms with Crippen molar-refractivity contribution in [1.82, 2.24) is 10.2 Å². The van der Waals surface area contributed by atoms with E-state index in [2.05, 4.69) is 10.2 Å². The molecule has 88 valence electrons. The van der Waals surface area contributed by atoms with E-state index in [1.807, 2.05) is 0 Å². The van der Waals surface area contributed by atoms with Gasteiger partial charge in [-0.25, -0.2) is 0 Å². The Balaban J connectivity index is 2.17. The molecule has 0 bridgehead atoms. The molecule has 0 saturated carbocycles. The van der Waals surface area contributed by atoms with Crippen LogP contribution in [0.5, 0.6) is 0 Å². The third-order valence-electron chi connectivity index (χ3n) is 3.04. The zero-order valence-corrected chi connectivity index (χ0v) is 9.71. The summed E-state index contributed by atoms with van der Waals surface area (Å²) in [6, 6.07) is 0. The molecule has 0 atom stereocenters. The molecular formula is C11H21N2O2-. The summed E-state index contributed by atoms with van der Waals surface area (Å²) in [6.45, 7) is 8.71. The number of nitrogens with one attached hydrogen (secondary N) is 1. The van der Waals surface area contributed by atoms with Gasteiger partial charge in [0.2, 0.25) is 0 Å². The molecule has 0 aliphatic carbocycles. The molecule has 0 spiro atoms. The Morgan fingerprint density at radius 1 is 1.40 bits per heavy atom. The maximum atomic E-state index is 10.8. The average molecular weight is 213 g/mol. The first-order valence-corrected chi connectivity index (χ1v) is 5.67. The lowest BCUT2D eigenvalue weighted by molar-refractivity contribution is -0.317. The zero-order chi connectivity index (χ0) is 11.3. The van der Waals surface area contributed by atoms with Crippen molar-refractivity contribution in [2.45, 2.75) is 26.7 Å². The van der Waals surface area contributed by atoms with Gasteiger partial charge in [0.15, 0.2) is 0 Å². The molecule has 0 aromatic carbocycles. The number of hydrogen-bond donors (Lipinski definition) is 1. The second kappa shape index (κ2) is 5.47. The molecule has 0 radical (unpaired) electrons. The number of rotatable bonds is 5. The van der Waals surface area contributed by atoms with Crippen molar-refractivity contribution >= 4 is 5.97 Å². The van der Waals surface area contributed by atoms with Gasteiger partial charge in [0.05, 0.1) is 0 Å². The first-order valence-electron chi connectivity index (χ1n) is 5.67. The summed E-state index contributed by atoms with van der Waals surface area (Å²) in [5.41, 5.74) is -0.686. The Morgan fingerprint density at radius 2 is 2.00 bits per heavy atom. The highest BCUT2D eigenvalue weighted by Crippen LogP contribution is 2.21. The molecule has 1 N–H and O–H groups in total. The molecule has 4 heteroatoms. The van der Waals surface area contributed by atoms with Crippen LogP contribution in [0.2, 0.25) is 0 Å². The van der Waals surface area contributed by atoms with Crippen molar-refractivity contribution in [2.75, 3.05) is 32.7 Å². The minimum atomic E-state index is -0.942. The highest BCUT2D eigenvalue weighted by Gasteiger charge is 2.19. The molecule has 0 aromatic heterocycles. The standard InChI is InChI=1S/C11H22N2O2/c1-11(2,10(14)15)4-3-7-13-8-5-12-6-9-13/h12H,3-9H2,1-2H3,(H,14,15)/p-1. The van der Waals surface area contributed by atoms with E-state index in [4.69, 9.17) is 0 Å². The van der Waals surface area contributed by atoms with E-state index in [9.17, 15) is 9.90 Å². The Labute approximate surface area is 91.6 Å². The van der Waals surface area contributed by atoms with Crippen LogP contribution in [0.3, 0.4) is 0 Å². The molecule has 1 saturated heterocycles. The average Bonchev–Trinajstić information content (AvgIpc) is 2.19. The number of hydrogen-bond acceptors (Lipinski definition) is 4. The minimum Gasteiger partial charge on any atom is -0.550 e.